The molecule has 4 nitrogen and oxygen atoms in total. The van der Waals surface area contributed by atoms with Gasteiger partial charge in [0.15, 0.2) is 6.04 Å². The molecule has 1 amide bonds. The fourth-order valence-corrected chi connectivity index (χ4v) is 5.51. The first-order valence-corrected chi connectivity index (χ1v) is 10.2. The molecule has 3 rings (SSSR count). The number of aliphatic carboxylic acids is 1. The first-order chi connectivity index (χ1) is 12.1. The van der Waals surface area contributed by atoms with E-state index in [9.17, 15) is 14.7 Å². The van der Waals surface area contributed by atoms with E-state index in [0.717, 1.165) is 11.5 Å². The summed E-state index contributed by atoms with van der Waals surface area (Å²) in [6.45, 7) is 0. The van der Waals surface area contributed by atoms with Gasteiger partial charge in [-0.15, -0.1) is 23.5 Å². The average Bonchev–Trinajstić information content (AvgIpc) is 2.67. The smallest absolute Gasteiger partial charge is 0.330 e. The molecule has 1 aliphatic rings. The Kier molecular flexibility index (Phi) is 6.04. The molecule has 0 spiro atoms. The molecule has 1 fully saturated rings. The fraction of sp³-hybridized carbons (Fsp3) is 0.263. The molecule has 0 unspecified atom stereocenters. The molecule has 1 atom stereocenters. The van der Waals surface area contributed by atoms with E-state index in [4.69, 9.17) is 0 Å². The number of amides is 1. The van der Waals surface area contributed by atoms with Gasteiger partial charge in [-0.1, -0.05) is 42.5 Å². The number of carbonyl (C=O) groups excluding carboxylic acids is 1. The van der Waals surface area contributed by atoms with Crippen molar-refractivity contribution in [1.29, 1.82) is 0 Å². The first-order valence-electron chi connectivity index (χ1n) is 8.07. The van der Waals surface area contributed by atoms with Gasteiger partial charge in [-0.2, -0.15) is 0 Å². The molecule has 2 aromatic rings. The minimum absolute atomic E-state index is 0.383. The molecule has 0 radical (unpaired) electrons. The van der Waals surface area contributed by atoms with Gasteiger partial charge in [-0.05, 0) is 41.2 Å². The Balaban J connectivity index is 1.70. The maximum Gasteiger partial charge on any atom is 0.330 e. The van der Waals surface area contributed by atoms with Crippen molar-refractivity contribution in [2.75, 3.05) is 11.5 Å². The number of rotatable bonds is 5. The second kappa shape index (κ2) is 8.45. The summed E-state index contributed by atoms with van der Waals surface area (Å²) < 4.78 is 0.418. The Morgan fingerprint density at radius 3 is 2.24 bits per heavy atom. The molecule has 0 aromatic heterocycles. The van der Waals surface area contributed by atoms with Gasteiger partial charge >= 0.3 is 5.97 Å². The molecular weight excluding hydrogens is 354 g/mol. The van der Waals surface area contributed by atoms with Crippen LogP contribution in [0.1, 0.15) is 38.5 Å². The van der Waals surface area contributed by atoms with Gasteiger partial charge in [0.25, 0.3) is 5.91 Å². The summed E-state index contributed by atoms with van der Waals surface area (Å²) in [7, 11) is 0. The van der Waals surface area contributed by atoms with Crippen LogP contribution in [0.5, 0.6) is 0 Å². The zero-order chi connectivity index (χ0) is 17.6. The van der Waals surface area contributed by atoms with Gasteiger partial charge < -0.3 is 10.4 Å². The molecule has 2 aromatic carbocycles. The summed E-state index contributed by atoms with van der Waals surface area (Å²) in [6, 6.07) is 15.1. The van der Waals surface area contributed by atoms with Crippen molar-refractivity contribution in [2.45, 2.75) is 17.0 Å². The van der Waals surface area contributed by atoms with Gasteiger partial charge in [0.2, 0.25) is 0 Å². The van der Waals surface area contributed by atoms with Crippen molar-refractivity contribution >= 4 is 35.4 Å². The molecule has 1 saturated heterocycles. The zero-order valence-corrected chi connectivity index (χ0v) is 15.2. The largest absolute Gasteiger partial charge is 0.479 e. The predicted octanol–water partition coefficient (Wildman–Crippen LogP) is 4.11. The summed E-state index contributed by atoms with van der Waals surface area (Å²) in [5.74, 6) is 0.868. The number of carboxylic acid groups (broad SMARTS) is 1. The highest BCUT2D eigenvalue weighted by molar-refractivity contribution is 8.16. The lowest BCUT2D eigenvalue weighted by Gasteiger charge is -2.21. The molecule has 130 valence electrons. The number of thioether (sulfide) groups is 2. The van der Waals surface area contributed by atoms with E-state index in [0.29, 0.717) is 15.7 Å². The minimum Gasteiger partial charge on any atom is -0.479 e. The van der Waals surface area contributed by atoms with Crippen LogP contribution in [0.3, 0.4) is 0 Å². The van der Waals surface area contributed by atoms with Crippen LogP contribution in [-0.2, 0) is 4.79 Å². The van der Waals surface area contributed by atoms with Crippen LogP contribution in [0.15, 0.2) is 54.6 Å². The molecule has 0 bridgehead atoms. The maximum absolute atomic E-state index is 12.4. The number of hydrogen-bond donors (Lipinski definition) is 2. The molecule has 1 aliphatic heterocycles. The number of carboxylic acids is 1. The van der Waals surface area contributed by atoms with Crippen molar-refractivity contribution in [3.05, 3.63) is 71.3 Å². The molecule has 0 saturated carbocycles. The summed E-state index contributed by atoms with van der Waals surface area (Å²) in [6.07, 6.45) is 1.24. The average molecular weight is 373 g/mol. The van der Waals surface area contributed by atoms with Gasteiger partial charge in [0.1, 0.15) is 0 Å². The predicted molar refractivity (Wildman–Crippen MR) is 103 cm³/mol. The Hall–Kier alpha value is -1.92. The van der Waals surface area contributed by atoms with E-state index in [1.54, 1.807) is 36.4 Å². The van der Waals surface area contributed by atoms with E-state index in [2.05, 4.69) is 5.32 Å². The Labute approximate surface area is 155 Å². The summed E-state index contributed by atoms with van der Waals surface area (Å²) in [5, 5.41) is 12.0. The highest BCUT2D eigenvalue weighted by Crippen LogP contribution is 2.43. The van der Waals surface area contributed by atoms with Crippen LogP contribution in [0.4, 0.5) is 0 Å². The highest BCUT2D eigenvalue weighted by atomic mass is 32.2. The topological polar surface area (TPSA) is 66.4 Å². The number of hydrogen-bond acceptors (Lipinski definition) is 4. The normalized spacial score (nSPS) is 16.2. The van der Waals surface area contributed by atoms with Gasteiger partial charge in [-0.3, -0.25) is 4.79 Å². The second-order valence-electron chi connectivity index (χ2n) is 5.70. The van der Waals surface area contributed by atoms with Crippen LogP contribution >= 0.6 is 23.5 Å². The summed E-state index contributed by atoms with van der Waals surface area (Å²) in [4.78, 5) is 23.9. The summed E-state index contributed by atoms with van der Waals surface area (Å²) >= 11 is 3.85. The van der Waals surface area contributed by atoms with Crippen LogP contribution in [0.25, 0.3) is 0 Å². The van der Waals surface area contributed by atoms with E-state index in [-0.39, 0.29) is 5.91 Å². The highest BCUT2D eigenvalue weighted by Gasteiger charge is 2.23. The molecule has 6 heteroatoms. The third kappa shape index (κ3) is 4.58. The lowest BCUT2D eigenvalue weighted by Crippen LogP contribution is -2.33. The van der Waals surface area contributed by atoms with Crippen molar-refractivity contribution in [1.82, 2.24) is 5.32 Å². The Morgan fingerprint density at radius 1 is 1.00 bits per heavy atom. The van der Waals surface area contributed by atoms with Crippen molar-refractivity contribution in [3.8, 4) is 0 Å². The maximum atomic E-state index is 12.4. The molecule has 0 aliphatic carbocycles. The van der Waals surface area contributed by atoms with Crippen LogP contribution < -0.4 is 5.32 Å². The molecular formula is C19H19NO3S2. The third-order valence-electron chi connectivity index (χ3n) is 3.93. The first kappa shape index (κ1) is 17.9. The molecule has 2 N–H and O–H groups in total. The molecule has 1 heterocycles. The van der Waals surface area contributed by atoms with Gasteiger partial charge in [0, 0.05) is 5.56 Å². The zero-order valence-electron chi connectivity index (χ0n) is 13.6. The quantitative estimate of drug-likeness (QED) is 0.826. The second-order valence-corrected chi connectivity index (χ2v) is 8.43. The van der Waals surface area contributed by atoms with Gasteiger partial charge in [0.05, 0.1) is 4.58 Å². The van der Waals surface area contributed by atoms with Crippen LogP contribution in [-0.4, -0.2) is 28.5 Å². The third-order valence-corrected chi connectivity index (χ3v) is 6.94. The standard InChI is InChI=1S/C19H19NO3S2/c21-17(20-16(18(22)23)13-5-2-1-3-6-13)14-7-9-15(10-8-14)19-24-11-4-12-25-19/h1-3,5-10,16,19H,4,11-12H2,(H,20,21)(H,22,23)/t16-/m1/s1. The lowest BCUT2D eigenvalue weighted by atomic mass is 10.1. The van der Waals surface area contributed by atoms with E-state index >= 15 is 0 Å². The van der Waals surface area contributed by atoms with Crippen LogP contribution in [0, 0.1) is 0 Å². The van der Waals surface area contributed by atoms with E-state index < -0.39 is 12.0 Å². The fourth-order valence-electron chi connectivity index (χ4n) is 2.62. The Morgan fingerprint density at radius 2 is 1.64 bits per heavy atom. The SMILES string of the molecule is O=C(N[C@@H](C(=O)O)c1ccccc1)c1ccc(C2SCCCS2)cc1. The monoisotopic (exact) mass is 373 g/mol. The van der Waals surface area contributed by atoms with Gasteiger partial charge in [-0.25, -0.2) is 4.79 Å². The van der Waals surface area contributed by atoms with Crippen molar-refractivity contribution in [3.63, 3.8) is 0 Å². The van der Waals surface area contributed by atoms with Crippen molar-refractivity contribution in [2.24, 2.45) is 0 Å². The number of benzene rings is 2. The Bertz CT molecular complexity index is 728. The number of nitrogens with one attached hydrogen (secondary N) is 1. The summed E-state index contributed by atoms with van der Waals surface area (Å²) in [5.41, 5.74) is 2.22. The minimum atomic E-state index is -1.08. The van der Waals surface area contributed by atoms with E-state index in [1.807, 2.05) is 41.7 Å². The lowest BCUT2D eigenvalue weighted by molar-refractivity contribution is -0.139. The van der Waals surface area contributed by atoms with Crippen molar-refractivity contribution < 1.29 is 14.7 Å². The van der Waals surface area contributed by atoms with Crippen LogP contribution in [0.2, 0.25) is 0 Å². The van der Waals surface area contributed by atoms with E-state index in [1.165, 1.54) is 12.0 Å². The number of carbonyl (C=O) groups is 2. The molecule has 25 heavy (non-hydrogen) atoms.